The third-order valence-electron chi connectivity index (χ3n) is 4.82. The van der Waals surface area contributed by atoms with E-state index in [0.29, 0.717) is 13.2 Å². The number of benzene rings is 1. The maximum absolute atomic E-state index is 12.4. The average molecular weight is 313 g/mol. The zero-order valence-corrected chi connectivity index (χ0v) is 13.0. The van der Waals surface area contributed by atoms with Crippen molar-refractivity contribution >= 4 is 5.78 Å². The van der Waals surface area contributed by atoms with E-state index in [9.17, 15) is 4.79 Å². The highest BCUT2D eigenvalue weighted by Crippen LogP contribution is 2.44. The molecule has 0 spiro atoms. The van der Waals surface area contributed by atoms with Crippen LogP contribution in [-0.4, -0.2) is 49.3 Å². The lowest BCUT2D eigenvalue weighted by molar-refractivity contribution is -0.258. The van der Waals surface area contributed by atoms with Gasteiger partial charge in [0.2, 0.25) is 5.79 Å². The number of hydrogen-bond acceptors (Lipinski definition) is 6. The van der Waals surface area contributed by atoms with Gasteiger partial charge in [-0.3, -0.25) is 4.79 Å². The molecule has 0 bridgehead atoms. The van der Waals surface area contributed by atoms with Crippen LogP contribution in [0.25, 0.3) is 0 Å². The number of hydrogen-bond donors (Lipinski definition) is 0. The Kier molecular flexibility index (Phi) is 3.50. The Labute approximate surface area is 134 Å². The highest BCUT2D eigenvalue weighted by molar-refractivity contribution is 5.97. The predicted octanol–water partition coefficient (Wildman–Crippen LogP) is 1.78. The first-order valence-corrected chi connectivity index (χ1v) is 7.85. The van der Waals surface area contributed by atoms with Crippen molar-refractivity contribution in [3.05, 3.63) is 47.7 Å². The fraction of sp³-hybridized carbons (Fsp3) is 0.471. The van der Waals surface area contributed by atoms with Crippen molar-refractivity contribution < 1.29 is 14.3 Å². The molecule has 23 heavy (non-hydrogen) atoms. The molecule has 120 valence electrons. The van der Waals surface area contributed by atoms with Crippen LogP contribution in [0, 0.1) is 5.92 Å². The highest BCUT2D eigenvalue weighted by Gasteiger charge is 2.57. The number of carbonyl (C=O) groups excluding carboxylic acids is 1. The maximum Gasteiger partial charge on any atom is 0.217 e. The standard InChI is InChI=1S/C17H19N3O3/c1-22-17-13-10-18-19-16(13)14(21)9-15(17)20(7-8-23-17)11-12-5-3-2-4-6-12/h2-6,9,13,16H,7-8,10-11H2,1H3/t13-,16+,17-/m0/s1. The summed E-state index contributed by atoms with van der Waals surface area (Å²) in [5, 5.41) is 8.15. The van der Waals surface area contributed by atoms with Gasteiger partial charge in [0.1, 0.15) is 6.04 Å². The Morgan fingerprint density at radius 3 is 3.00 bits per heavy atom. The average Bonchev–Trinajstić information content (AvgIpc) is 3.08. The summed E-state index contributed by atoms with van der Waals surface area (Å²) in [6.45, 7) is 2.46. The Hall–Kier alpha value is -2.05. The van der Waals surface area contributed by atoms with E-state index in [1.54, 1.807) is 13.2 Å². The molecule has 2 aliphatic heterocycles. The van der Waals surface area contributed by atoms with Crippen molar-refractivity contribution in [1.82, 2.24) is 4.90 Å². The molecule has 4 rings (SSSR count). The molecule has 0 radical (unpaired) electrons. The molecule has 1 aliphatic carbocycles. The molecule has 3 aliphatic rings. The third kappa shape index (κ3) is 2.21. The van der Waals surface area contributed by atoms with E-state index in [1.807, 2.05) is 18.2 Å². The van der Waals surface area contributed by atoms with Crippen LogP contribution in [0.3, 0.4) is 0 Å². The molecule has 1 fully saturated rings. The van der Waals surface area contributed by atoms with Gasteiger partial charge in [-0.2, -0.15) is 10.2 Å². The molecular weight excluding hydrogens is 294 g/mol. The summed E-state index contributed by atoms with van der Waals surface area (Å²) in [6.07, 6.45) is 1.64. The number of nitrogens with zero attached hydrogens (tertiary/aromatic N) is 3. The predicted molar refractivity (Wildman–Crippen MR) is 82.6 cm³/mol. The first-order chi connectivity index (χ1) is 11.2. The van der Waals surface area contributed by atoms with E-state index in [1.165, 1.54) is 5.56 Å². The lowest BCUT2D eigenvalue weighted by Crippen LogP contribution is -2.60. The second-order valence-electron chi connectivity index (χ2n) is 6.05. The minimum Gasteiger partial charge on any atom is -0.364 e. The van der Waals surface area contributed by atoms with Crippen LogP contribution >= 0.6 is 0 Å². The van der Waals surface area contributed by atoms with E-state index in [2.05, 4.69) is 27.3 Å². The molecule has 0 aromatic heterocycles. The van der Waals surface area contributed by atoms with E-state index in [-0.39, 0.29) is 11.7 Å². The van der Waals surface area contributed by atoms with Crippen LogP contribution in [-0.2, 0) is 20.8 Å². The second kappa shape index (κ2) is 5.54. The lowest BCUT2D eigenvalue weighted by atomic mass is 9.80. The normalized spacial score (nSPS) is 32.5. The summed E-state index contributed by atoms with van der Waals surface area (Å²) in [6, 6.07) is 9.72. The van der Waals surface area contributed by atoms with Crippen molar-refractivity contribution in [2.24, 2.45) is 16.1 Å². The van der Waals surface area contributed by atoms with Gasteiger partial charge in [-0.15, -0.1) is 0 Å². The second-order valence-corrected chi connectivity index (χ2v) is 6.05. The number of morpholine rings is 1. The number of ether oxygens (including phenoxy) is 2. The molecule has 1 saturated heterocycles. The number of carbonyl (C=O) groups is 1. The lowest BCUT2D eigenvalue weighted by Gasteiger charge is -2.49. The van der Waals surface area contributed by atoms with E-state index >= 15 is 0 Å². The minimum absolute atomic E-state index is 0.0116. The van der Waals surface area contributed by atoms with Crippen LogP contribution in [0.1, 0.15) is 5.56 Å². The van der Waals surface area contributed by atoms with Gasteiger partial charge in [0.25, 0.3) is 0 Å². The molecule has 0 unspecified atom stereocenters. The van der Waals surface area contributed by atoms with Gasteiger partial charge in [-0.05, 0) is 5.56 Å². The summed E-state index contributed by atoms with van der Waals surface area (Å²) in [5.41, 5.74) is 1.99. The first kappa shape index (κ1) is 14.5. The maximum atomic E-state index is 12.4. The zero-order valence-electron chi connectivity index (χ0n) is 13.0. The summed E-state index contributed by atoms with van der Waals surface area (Å²) in [7, 11) is 1.63. The van der Waals surface area contributed by atoms with Crippen molar-refractivity contribution in [1.29, 1.82) is 0 Å². The van der Waals surface area contributed by atoms with E-state index < -0.39 is 11.8 Å². The highest BCUT2D eigenvalue weighted by atomic mass is 16.7. The van der Waals surface area contributed by atoms with E-state index in [0.717, 1.165) is 18.8 Å². The largest absolute Gasteiger partial charge is 0.364 e. The van der Waals surface area contributed by atoms with Gasteiger partial charge in [0, 0.05) is 26.3 Å². The van der Waals surface area contributed by atoms with Crippen molar-refractivity contribution in [3.63, 3.8) is 0 Å². The molecule has 6 heteroatoms. The number of rotatable bonds is 3. The summed E-state index contributed by atoms with van der Waals surface area (Å²) in [5.74, 6) is -1.11. The Morgan fingerprint density at radius 1 is 1.39 bits per heavy atom. The first-order valence-electron chi connectivity index (χ1n) is 7.85. The molecule has 1 aromatic carbocycles. The molecule has 3 atom stereocenters. The zero-order chi connectivity index (χ0) is 15.9. The molecule has 0 amide bonds. The number of fused-ring (bicyclic) bond motifs is 3. The van der Waals surface area contributed by atoms with Gasteiger partial charge in [-0.1, -0.05) is 30.3 Å². The van der Waals surface area contributed by atoms with Gasteiger partial charge < -0.3 is 14.4 Å². The number of azo groups is 1. The van der Waals surface area contributed by atoms with Crippen LogP contribution in [0.5, 0.6) is 0 Å². The van der Waals surface area contributed by atoms with Crippen LogP contribution < -0.4 is 0 Å². The fourth-order valence-electron chi connectivity index (χ4n) is 3.70. The monoisotopic (exact) mass is 313 g/mol. The van der Waals surface area contributed by atoms with Crippen LogP contribution in [0.2, 0.25) is 0 Å². The van der Waals surface area contributed by atoms with Crippen molar-refractivity contribution in [3.8, 4) is 0 Å². The van der Waals surface area contributed by atoms with Crippen molar-refractivity contribution in [2.45, 2.75) is 18.4 Å². The van der Waals surface area contributed by atoms with Gasteiger partial charge in [-0.25, -0.2) is 0 Å². The number of ketones is 1. The summed E-state index contributed by atoms with van der Waals surface area (Å²) < 4.78 is 11.9. The SMILES string of the molecule is CO[C@@]12OCCN(Cc3ccccc3)C1=CC(=O)[C@@H]1N=NC[C@@H]12. The quantitative estimate of drug-likeness (QED) is 0.853. The molecule has 0 saturated carbocycles. The minimum atomic E-state index is -0.922. The smallest absolute Gasteiger partial charge is 0.217 e. The molecule has 6 nitrogen and oxygen atoms in total. The molecule has 0 N–H and O–H groups in total. The Morgan fingerprint density at radius 2 is 2.22 bits per heavy atom. The van der Waals surface area contributed by atoms with Crippen LogP contribution in [0.4, 0.5) is 0 Å². The fourth-order valence-corrected chi connectivity index (χ4v) is 3.70. The van der Waals surface area contributed by atoms with Crippen molar-refractivity contribution in [2.75, 3.05) is 26.8 Å². The molecule has 2 heterocycles. The Bertz CT molecular complexity index is 673. The Balaban J connectivity index is 1.71. The van der Waals surface area contributed by atoms with E-state index in [4.69, 9.17) is 9.47 Å². The van der Waals surface area contributed by atoms with Gasteiger partial charge in [0.05, 0.1) is 24.8 Å². The van der Waals surface area contributed by atoms with Crippen LogP contribution in [0.15, 0.2) is 52.3 Å². The van der Waals surface area contributed by atoms with Gasteiger partial charge in [0.15, 0.2) is 5.78 Å². The number of methoxy groups -OCH3 is 1. The third-order valence-corrected chi connectivity index (χ3v) is 4.82. The summed E-state index contributed by atoms with van der Waals surface area (Å²) in [4.78, 5) is 14.6. The van der Waals surface area contributed by atoms with Gasteiger partial charge >= 0.3 is 0 Å². The molecular formula is C17H19N3O3. The molecule has 1 aromatic rings. The topological polar surface area (TPSA) is 63.5 Å². The summed E-state index contributed by atoms with van der Waals surface area (Å²) >= 11 is 0.